The van der Waals surface area contributed by atoms with E-state index >= 15 is 0 Å². The maximum Gasteiger partial charge on any atom is 0.0761 e. The van der Waals surface area contributed by atoms with E-state index in [4.69, 9.17) is 0 Å². The first kappa shape index (κ1) is 24.2. The Morgan fingerprint density at radius 1 is 1.16 bits per heavy atom. The highest BCUT2D eigenvalue weighted by atomic mass is 16.3. The summed E-state index contributed by atoms with van der Waals surface area (Å²) in [6.07, 6.45) is 13.5. The van der Waals surface area contributed by atoms with Crippen molar-refractivity contribution in [1.29, 1.82) is 0 Å². The van der Waals surface area contributed by atoms with Gasteiger partial charge in [0.25, 0.3) is 0 Å². The van der Waals surface area contributed by atoms with Crippen LogP contribution in [0.5, 0.6) is 0 Å². The third kappa shape index (κ3) is 7.03. The van der Waals surface area contributed by atoms with E-state index in [9.17, 15) is 10.2 Å². The minimum atomic E-state index is -0.493. The normalized spacial score (nSPS) is 26.6. The molecule has 1 fully saturated rings. The quantitative estimate of drug-likeness (QED) is 0.353. The Bertz CT molecular complexity index is 736. The Kier molecular flexibility index (Phi) is 9.37. The van der Waals surface area contributed by atoms with Crippen molar-refractivity contribution in [3.63, 3.8) is 0 Å². The molecule has 0 heterocycles. The van der Waals surface area contributed by atoms with Gasteiger partial charge in [0.05, 0.1) is 12.2 Å². The van der Waals surface area contributed by atoms with Crippen LogP contribution in [-0.2, 0) is 6.42 Å². The summed E-state index contributed by atoms with van der Waals surface area (Å²) in [6, 6.07) is 8.32. The molecule has 1 saturated carbocycles. The van der Waals surface area contributed by atoms with Gasteiger partial charge in [-0.25, -0.2) is 0 Å². The zero-order chi connectivity index (χ0) is 22.2. The molecule has 1 aromatic rings. The third-order valence-electron chi connectivity index (χ3n) is 7.40. The molecule has 0 bridgehead atoms. The highest BCUT2D eigenvalue weighted by Crippen LogP contribution is 2.48. The van der Waals surface area contributed by atoms with Gasteiger partial charge in [-0.05, 0) is 76.1 Å². The van der Waals surface area contributed by atoms with Gasteiger partial charge in [-0.2, -0.15) is 0 Å². The second-order valence-electron chi connectivity index (χ2n) is 9.72. The fraction of sp³-hybridized carbons (Fsp3) is 0.643. The van der Waals surface area contributed by atoms with Crippen molar-refractivity contribution in [2.24, 2.45) is 17.8 Å². The van der Waals surface area contributed by atoms with E-state index < -0.39 is 6.10 Å². The number of aliphatic hydroxyl groups is 2. The zero-order valence-corrected chi connectivity index (χ0v) is 19.8. The number of nitrogens with zero attached hydrogens (tertiary/aromatic N) is 1. The maximum atomic E-state index is 10.6. The van der Waals surface area contributed by atoms with Crippen LogP contribution in [0.15, 0.2) is 48.1 Å². The lowest BCUT2D eigenvalue weighted by Gasteiger charge is -2.19. The molecule has 0 aliphatic heterocycles. The lowest BCUT2D eigenvalue weighted by atomic mass is 9.88. The van der Waals surface area contributed by atoms with Crippen LogP contribution in [0.25, 0.3) is 0 Å². The first-order valence-electron chi connectivity index (χ1n) is 12.5. The lowest BCUT2D eigenvalue weighted by molar-refractivity contribution is 0.140. The minimum absolute atomic E-state index is 0.175. The van der Waals surface area contributed by atoms with Gasteiger partial charge in [-0.15, -0.1) is 0 Å². The molecule has 2 N–H and O–H groups in total. The molecule has 0 unspecified atom stereocenters. The molecule has 0 saturated heterocycles. The largest absolute Gasteiger partial charge is 0.392 e. The first-order valence-corrected chi connectivity index (χ1v) is 12.5. The van der Waals surface area contributed by atoms with E-state index in [1.54, 1.807) is 5.57 Å². The number of benzene rings is 1. The smallest absolute Gasteiger partial charge is 0.0761 e. The number of rotatable bonds is 12. The van der Waals surface area contributed by atoms with E-state index in [1.165, 1.54) is 37.8 Å². The molecule has 3 rings (SSSR count). The summed E-state index contributed by atoms with van der Waals surface area (Å²) < 4.78 is 0. The van der Waals surface area contributed by atoms with Crippen molar-refractivity contribution in [3.8, 4) is 0 Å². The second-order valence-corrected chi connectivity index (χ2v) is 9.72. The van der Waals surface area contributed by atoms with E-state index in [1.807, 2.05) is 12.1 Å². The van der Waals surface area contributed by atoms with Gasteiger partial charge in [-0.1, -0.05) is 73.9 Å². The molecular weight excluding hydrogens is 382 g/mol. The molecule has 172 valence electrons. The van der Waals surface area contributed by atoms with Crippen molar-refractivity contribution in [2.75, 3.05) is 19.6 Å². The van der Waals surface area contributed by atoms with E-state index in [0.717, 1.165) is 31.5 Å². The van der Waals surface area contributed by atoms with Gasteiger partial charge in [0.1, 0.15) is 0 Å². The SMILES string of the molecule is CCN(CC)CCCCCC1=C[C@H]2C[C@@H](O)[C@H](C=C[C@@H](O)Cc3cccc(C)c3)[C@H]2C1. The number of aryl methyl sites for hydroxylation is 1. The van der Waals surface area contributed by atoms with Gasteiger partial charge >= 0.3 is 0 Å². The molecule has 1 aromatic carbocycles. The van der Waals surface area contributed by atoms with Crippen molar-refractivity contribution in [1.82, 2.24) is 4.90 Å². The number of hydrogen-bond donors (Lipinski definition) is 2. The van der Waals surface area contributed by atoms with Gasteiger partial charge in [-0.3, -0.25) is 0 Å². The predicted octanol–water partition coefficient (Wildman–Crippen LogP) is 5.30. The molecular formula is C28H43NO2. The molecule has 0 aromatic heterocycles. The minimum Gasteiger partial charge on any atom is -0.392 e. The number of aliphatic hydroxyl groups excluding tert-OH is 2. The first-order chi connectivity index (χ1) is 15.0. The number of allylic oxidation sites excluding steroid dienone is 2. The Labute approximate surface area is 189 Å². The molecule has 3 heteroatoms. The second kappa shape index (κ2) is 12.0. The molecule has 2 aliphatic rings. The lowest BCUT2D eigenvalue weighted by Crippen LogP contribution is -2.23. The van der Waals surface area contributed by atoms with Crippen LogP contribution < -0.4 is 0 Å². The van der Waals surface area contributed by atoms with Crippen LogP contribution in [0.1, 0.15) is 63.5 Å². The van der Waals surface area contributed by atoms with Crippen LogP contribution >= 0.6 is 0 Å². The van der Waals surface area contributed by atoms with Crippen molar-refractivity contribution in [3.05, 3.63) is 59.2 Å². The Hall–Kier alpha value is -1.42. The Morgan fingerprint density at radius 2 is 1.97 bits per heavy atom. The predicted molar refractivity (Wildman–Crippen MR) is 130 cm³/mol. The average molecular weight is 426 g/mol. The summed E-state index contributed by atoms with van der Waals surface area (Å²) in [7, 11) is 0. The summed E-state index contributed by atoms with van der Waals surface area (Å²) in [5, 5.41) is 21.1. The van der Waals surface area contributed by atoms with Gasteiger partial charge in [0.15, 0.2) is 0 Å². The Balaban J connectivity index is 1.43. The number of fused-ring (bicyclic) bond motifs is 1. The van der Waals surface area contributed by atoms with Crippen LogP contribution in [0.4, 0.5) is 0 Å². The van der Waals surface area contributed by atoms with E-state index in [0.29, 0.717) is 18.3 Å². The van der Waals surface area contributed by atoms with Gasteiger partial charge in [0, 0.05) is 12.3 Å². The summed E-state index contributed by atoms with van der Waals surface area (Å²) in [6.45, 7) is 10.1. The third-order valence-corrected chi connectivity index (χ3v) is 7.40. The number of hydrogen-bond acceptors (Lipinski definition) is 3. The highest BCUT2D eigenvalue weighted by molar-refractivity contribution is 5.24. The maximum absolute atomic E-state index is 10.6. The molecule has 3 nitrogen and oxygen atoms in total. The van der Waals surface area contributed by atoms with Gasteiger partial charge < -0.3 is 15.1 Å². The fourth-order valence-corrected chi connectivity index (χ4v) is 5.60. The van der Waals surface area contributed by atoms with Gasteiger partial charge in [0.2, 0.25) is 0 Å². The summed E-state index contributed by atoms with van der Waals surface area (Å²) in [5.74, 6) is 1.21. The highest BCUT2D eigenvalue weighted by Gasteiger charge is 2.43. The molecule has 5 atom stereocenters. The van der Waals surface area contributed by atoms with Crippen LogP contribution in [0.3, 0.4) is 0 Å². The topological polar surface area (TPSA) is 43.7 Å². The van der Waals surface area contributed by atoms with Crippen LogP contribution in [0, 0.1) is 24.7 Å². The van der Waals surface area contributed by atoms with E-state index in [2.05, 4.69) is 56.0 Å². The Morgan fingerprint density at radius 3 is 2.71 bits per heavy atom. The zero-order valence-electron chi connectivity index (χ0n) is 19.8. The standard InChI is InChI=1S/C28H43NO2/c1-4-29(5-2)15-8-6-7-11-23-17-24-20-28(31)26(27(24)19-23)14-13-25(30)18-22-12-9-10-21(3)16-22/h9-10,12-14,16-17,24-28,30-31H,4-8,11,15,18-20H2,1-3H3/t24-,25+,26+,27-,28+/m0/s1. The monoisotopic (exact) mass is 425 g/mol. The summed E-state index contributed by atoms with van der Waals surface area (Å²) in [4.78, 5) is 2.50. The molecule has 31 heavy (non-hydrogen) atoms. The summed E-state index contributed by atoms with van der Waals surface area (Å²) >= 11 is 0. The fourth-order valence-electron chi connectivity index (χ4n) is 5.60. The number of unbranched alkanes of at least 4 members (excludes halogenated alkanes) is 2. The van der Waals surface area contributed by atoms with Crippen LogP contribution in [-0.4, -0.2) is 47.0 Å². The van der Waals surface area contributed by atoms with E-state index in [-0.39, 0.29) is 12.0 Å². The van der Waals surface area contributed by atoms with Crippen molar-refractivity contribution < 1.29 is 10.2 Å². The van der Waals surface area contributed by atoms with Crippen molar-refractivity contribution in [2.45, 2.75) is 77.9 Å². The molecule has 2 aliphatic carbocycles. The molecule has 0 amide bonds. The average Bonchev–Trinajstić information content (AvgIpc) is 3.25. The molecule has 0 radical (unpaired) electrons. The van der Waals surface area contributed by atoms with Crippen molar-refractivity contribution >= 4 is 0 Å². The van der Waals surface area contributed by atoms with Crippen LogP contribution in [0.2, 0.25) is 0 Å². The molecule has 0 spiro atoms. The summed E-state index contributed by atoms with van der Waals surface area (Å²) in [5.41, 5.74) is 3.98.